The predicted molar refractivity (Wildman–Crippen MR) is 131 cm³/mol. The molecule has 0 radical (unpaired) electrons. The number of ether oxygens (including phenoxy) is 1. The molecule has 0 saturated carbocycles. The lowest BCUT2D eigenvalue weighted by molar-refractivity contribution is 0.414. The first-order valence-corrected chi connectivity index (χ1v) is 10.9. The second kappa shape index (κ2) is 8.47. The molecule has 0 aliphatic rings. The van der Waals surface area contributed by atoms with Crippen LogP contribution in [0.2, 0.25) is 0 Å². The van der Waals surface area contributed by atoms with E-state index in [1.807, 2.05) is 62.6 Å². The third kappa shape index (κ3) is 3.84. The number of nitrogens with zero attached hydrogens (tertiary/aromatic N) is 4. The van der Waals surface area contributed by atoms with Crippen LogP contribution in [0.25, 0.3) is 32.9 Å². The molecule has 0 spiro atoms. The Morgan fingerprint density at radius 3 is 2.58 bits per heavy atom. The standard InChI is InChI=1S/C27H24N4O2/c1-4-24-28-15-20-13-19(7-10-23(20)30-24)25-17(2)14-29-26-22(25)11-12-31(27(26)32)16-18-5-8-21(33-3)9-6-18/h5-15H,4,16H2,1-3H3. The fourth-order valence-electron chi connectivity index (χ4n) is 4.16. The summed E-state index contributed by atoms with van der Waals surface area (Å²) in [4.78, 5) is 26.8. The molecule has 5 rings (SSSR count). The van der Waals surface area contributed by atoms with Crippen LogP contribution in [0.3, 0.4) is 0 Å². The monoisotopic (exact) mass is 436 g/mol. The van der Waals surface area contributed by atoms with Crippen molar-refractivity contribution >= 4 is 21.8 Å². The van der Waals surface area contributed by atoms with Crippen LogP contribution in [0.15, 0.2) is 71.9 Å². The van der Waals surface area contributed by atoms with Crippen molar-refractivity contribution in [2.24, 2.45) is 0 Å². The Bertz CT molecular complexity index is 1540. The molecule has 0 amide bonds. The molecule has 0 aliphatic carbocycles. The largest absolute Gasteiger partial charge is 0.497 e. The fraction of sp³-hybridized carbons (Fsp3) is 0.185. The molecule has 2 aromatic carbocycles. The summed E-state index contributed by atoms with van der Waals surface area (Å²) in [6.45, 7) is 4.53. The van der Waals surface area contributed by atoms with E-state index >= 15 is 0 Å². The summed E-state index contributed by atoms with van der Waals surface area (Å²) in [5.41, 5.74) is 5.34. The summed E-state index contributed by atoms with van der Waals surface area (Å²) in [5.74, 6) is 1.62. The molecule has 164 valence electrons. The Morgan fingerprint density at radius 2 is 1.82 bits per heavy atom. The van der Waals surface area contributed by atoms with Crippen LogP contribution in [0.5, 0.6) is 5.75 Å². The molecule has 0 aliphatic heterocycles. The van der Waals surface area contributed by atoms with Gasteiger partial charge in [0.15, 0.2) is 0 Å². The van der Waals surface area contributed by atoms with Crippen LogP contribution in [-0.2, 0) is 13.0 Å². The van der Waals surface area contributed by atoms with Gasteiger partial charge in [-0.3, -0.25) is 9.78 Å². The van der Waals surface area contributed by atoms with Crippen molar-refractivity contribution in [1.82, 2.24) is 19.5 Å². The van der Waals surface area contributed by atoms with Gasteiger partial charge < -0.3 is 9.30 Å². The van der Waals surface area contributed by atoms with E-state index in [0.717, 1.165) is 56.5 Å². The zero-order valence-corrected chi connectivity index (χ0v) is 18.9. The Morgan fingerprint density at radius 1 is 1.00 bits per heavy atom. The zero-order valence-electron chi connectivity index (χ0n) is 18.9. The summed E-state index contributed by atoms with van der Waals surface area (Å²) >= 11 is 0. The average Bonchev–Trinajstić information content (AvgIpc) is 2.85. The van der Waals surface area contributed by atoms with Gasteiger partial charge in [-0.05, 0) is 59.5 Å². The van der Waals surface area contributed by atoms with Crippen molar-refractivity contribution in [2.75, 3.05) is 7.11 Å². The fourth-order valence-corrected chi connectivity index (χ4v) is 4.16. The van der Waals surface area contributed by atoms with Crippen LogP contribution >= 0.6 is 0 Å². The van der Waals surface area contributed by atoms with E-state index in [2.05, 4.69) is 27.1 Å². The van der Waals surface area contributed by atoms with Crippen molar-refractivity contribution in [2.45, 2.75) is 26.8 Å². The van der Waals surface area contributed by atoms with Crippen LogP contribution < -0.4 is 10.3 Å². The van der Waals surface area contributed by atoms with Crippen molar-refractivity contribution in [3.8, 4) is 16.9 Å². The highest BCUT2D eigenvalue weighted by molar-refractivity contribution is 5.97. The summed E-state index contributed by atoms with van der Waals surface area (Å²) < 4.78 is 6.91. The van der Waals surface area contributed by atoms with Gasteiger partial charge in [0.25, 0.3) is 5.56 Å². The van der Waals surface area contributed by atoms with Gasteiger partial charge >= 0.3 is 0 Å². The lowest BCUT2D eigenvalue weighted by atomic mass is 9.97. The van der Waals surface area contributed by atoms with E-state index in [9.17, 15) is 4.79 Å². The van der Waals surface area contributed by atoms with E-state index in [-0.39, 0.29) is 5.56 Å². The van der Waals surface area contributed by atoms with Gasteiger partial charge in [0.1, 0.15) is 17.1 Å². The van der Waals surface area contributed by atoms with Crippen LogP contribution in [0.4, 0.5) is 0 Å². The highest BCUT2D eigenvalue weighted by atomic mass is 16.5. The number of rotatable bonds is 5. The number of hydrogen-bond donors (Lipinski definition) is 0. The SMILES string of the molecule is CCc1ncc2cc(-c3c(C)cnc4c(=O)n(Cc5ccc(OC)cc5)ccc34)ccc2n1. The molecule has 0 saturated heterocycles. The van der Waals surface area contributed by atoms with Gasteiger partial charge in [0, 0.05) is 35.8 Å². The predicted octanol–water partition coefficient (Wildman–Crippen LogP) is 4.93. The molecule has 0 bridgehead atoms. The molecule has 33 heavy (non-hydrogen) atoms. The molecule has 3 aromatic heterocycles. The number of pyridine rings is 2. The van der Waals surface area contributed by atoms with E-state index in [0.29, 0.717) is 12.1 Å². The second-order valence-corrected chi connectivity index (χ2v) is 8.09. The maximum atomic E-state index is 13.3. The number of aryl methyl sites for hydroxylation is 2. The first-order chi connectivity index (χ1) is 16.1. The van der Waals surface area contributed by atoms with Crippen molar-refractivity contribution < 1.29 is 4.74 Å². The van der Waals surface area contributed by atoms with Crippen molar-refractivity contribution in [1.29, 1.82) is 0 Å². The van der Waals surface area contributed by atoms with Gasteiger partial charge in [-0.1, -0.05) is 25.1 Å². The van der Waals surface area contributed by atoms with E-state index in [1.54, 1.807) is 17.9 Å². The third-order valence-electron chi connectivity index (χ3n) is 5.94. The topological polar surface area (TPSA) is 69.9 Å². The normalized spacial score (nSPS) is 11.2. The minimum Gasteiger partial charge on any atom is -0.497 e. The zero-order chi connectivity index (χ0) is 22.9. The van der Waals surface area contributed by atoms with Crippen LogP contribution in [0.1, 0.15) is 23.9 Å². The Labute approximate surface area is 191 Å². The van der Waals surface area contributed by atoms with E-state index in [4.69, 9.17) is 4.74 Å². The second-order valence-electron chi connectivity index (χ2n) is 8.09. The third-order valence-corrected chi connectivity index (χ3v) is 5.94. The van der Waals surface area contributed by atoms with Gasteiger partial charge in [0.2, 0.25) is 0 Å². The highest BCUT2D eigenvalue weighted by Gasteiger charge is 2.13. The van der Waals surface area contributed by atoms with E-state index in [1.165, 1.54) is 0 Å². The maximum absolute atomic E-state index is 13.3. The number of hydrogen-bond acceptors (Lipinski definition) is 5. The molecule has 5 aromatic rings. The molecule has 6 nitrogen and oxygen atoms in total. The summed E-state index contributed by atoms with van der Waals surface area (Å²) in [6.07, 6.45) is 6.29. The number of aromatic nitrogens is 4. The lowest BCUT2D eigenvalue weighted by Gasteiger charge is -2.13. The average molecular weight is 437 g/mol. The molecule has 6 heteroatoms. The molecule has 0 fully saturated rings. The Balaban J connectivity index is 1.60. The first kappa shape index (κ1) is 20.8. The minimum absolute atomic E-state index is 0.110. The van der Waals surface area contributed by atoms with Crippen LogP contribution in [-0.4, -0.2) is 26.6 Å². The van der Waals surface area contributed by atoms with Crippen molar-refractivity contribution in [3.05, 3.63) is 94.4 Å². The molecule has 0 unspecified atom stereocenters. The van der Waals surface area contributed by atoms with E-state index < -0.39 is 0 Å². The quantitative estimate of drug-likeness (QED) is 0.391. The van der Waals surface area contributed by atoms with Crippen LogP contribution in [0, 0.1) is 6.92 Å². The summed E-state index contributed by atoms with van der Waals surface area (Å²) in [7, 11) is 1.64. The smallest absolute Gasteiger partial charge is 0.277 e. The van der Waals surface area contributed by atoms with Gasteiger partial charge in [0.05, 0.1) is 19.2 Å². The van der Waals surface area contributed by atoms with Crippen molar-refractivity contribution in [3.63, 3.8) is 0 Å². The van der Waals surface area contributed by atoms with Gasteiger partial charge in [-0.25, -0.2) is 9.97 Å². The molecule has 0 N–H and O–H groups in total. The minimum atomic E-state index is -0.110. The Kier molecular flexibility index (Phi) is 5.34. The summed E-state index contributed by atoms with van der Waals surface area (Å²) in [5, 5.41) is 1.82. The first-order valence-electron chi connectivity index (χ1n) is 10.9. The molecule has 0 atom stereocenters. The number of fused-ring (bicyclic) bond motifs is 2. The molecular formula is C27H24N4O2. The van der Waals surface area contributed by atoms with Gasteiger partial charge in [-0.15, -0.1) is 0 Å². The Hall–Kier alpha value is -4.06. The number of methoxy groups -OCH3 is 1. The molecule has 3 heterocycles. The summed E-state index contributed by atoms with van der Waals surface area (Å²) in [6, 6.07) is 15.9. The molecular weight excluding hydrogens is 412 g/mol. The highest BCUT2D eigenvalue weighted by Crippen LogP contribution is 2.31. The lowest BCUT2D eigenvalue weighted by Crippen LogP contribution is -2.21. The maximum Gasteiger partial charge on any atom is 0.277 e. The van der Waals surface area contributed by atoms with Gasteiger partial charge in [-0.2, -0.15) is 0 Å². The number of benzene rings is 2.